The van der Waals surface area contributed by atoms with Gasteiger partial charge in [-0.2, -0.15) is 0 Å². The molecule has 0 radical (unpaired) electrons. The molecule has 1 aromatic rings. The summed E-state index contributed by atoms with van der Waals surface area (Å²) in [5, 5.41) is 11.3. The predicted octanol–water partition coefficient (Wildman–Crippen LogP) is 2.89. The van der Waals surface area contributed by atoms with Crippen LogP contribution in [-0.4, -0.2) is 71.6 Å². The van der Waals surface area contributed by atoms with Gasteiger partial charge in [-0.1, -0.05) is 12.1 Å². The lowest BCUT2D eigenvalue weighted by Gasteiger charge is -2.39. The number of para-hydroxylation sites is 2. The standard InChI is InChI=1S/C21H30N4O5/c1-21(2,3)30-20(27)24-10-8-16(9-11-24)19(26)23-14-12-22(13-15-23)17-6-4-5-7-18(17)25(28)29/h4-7,16H,8-15H2,1-3H3. The number of anilines is 1. The number of amides is 2. The Morgan fingerprint density at radius 3 is 2.17 bits per heavy atom. The van der Waals surface area contributed by atoms with Crippen LogP contribution in [0.3, 0.4) is 0 Å². The smallest absolute Gasteiger partial charge is 0.410 e. The van der Waals surface area contributed by atoms with Gasteiger partial charge in [-0.3, -0.25) is 14.9 Å². The zero-order valence-electron chi connectivity index (χ0n) is 17.9. The molecule has 9 heteroatoms. The van der Waals surface area contributed by atoms with Crippen molar-refractivity contribution >= 4 is 23.4 Å². The molecule has 0 atom stereocenters. The lowest BCUT2D eigenvalue weighted by molar-refractivity contribution is -0.384. The lowest BCUT2D eigenvalue weighted by Crippen LogP contribution is -2.52. The van der Waals surface area contributed by atoms with E-state index < -0.39 is 5.60 Å². The van der Waals surface area contributed by atoms with Gasteiger partial charge >= 0.3 is 6.09 Å². The Kier molecular flexibility index (Phi) is 6.48. The van der Waals surface area contributed by atoms with Crippen LogP contribution in [0.1, 0.15) is 33.6 Å². The van der Waals surface area contributed by atoms with E-state index in [1.54, 1.807) is 23.1 Å². The Labute approximate surface area is 176 Å². The maximum absolute atomic E-state index is 12.9. The van der Waals surface area contributed by atoms with E-state index in [-0.39, 0.29) is 28.5 Å². The van der Waals surface area contributed by atoms with Crippen LogP contribution >= 0.6 is 0 Å². The highest BCUT2D eigenvalue weighted by molar-refractivity contribution is 5.80. The van der Waals surface area contributed by atoms with Crippen molar-refractivity contribution < 1.29 is 19.2 Å². The van der Waals surface area contributed by atoms with Crippen LogP contribution in [0.2, 0.25) is 0 Å². The molecule has 0 aliphatic carbocycles. The van der Waals surface area contributed by atoms with Crippen LogP contribution < -0.4 is 4.90 Å². The van der Waals surface area contributed by atoms with Crippen LogP contribution in [0, 0.1) is 16.0 Å². The fourth-order valence-electron chi connectivity index (χ4n) is 3.95. The molecule has 2 aliphatic rings. The number of nitrogens with zero attached hydrogens (tertiary/aromatic N) is 4. The third kappa shape index (κ3) is 5.20. The summed E-state index contributed by atoms with van der Waals surface area (Å²) in [5.41, 5.74) is 0.157. The van der Waals surface area contributed by atoms with Crippen molar-refractivity contribution in [1.29, 1.82) is 0 Å². The fraction of sp³-hybridized carbons (Fsp3) is 0.619. The molecule has 0 aromatic heterocycles. The summed E-state index contributed by atoms with van der Waals surface area (Å²) < 4.78 is 5.41. The van der Waals surface area contributed by atoms with Crippen molar-refractivity contribution in [3.63, 3.8) is 0 Å². The minimum atomic E-state index is -0.531. The van der Waals surface area contributed by atoms with Crippen molar-refractivity contribution in [2.24, 2.45) is 5.92 Å². The third-order valence-electron chi connectivity index (χ3n) is 5.51. The molecule has 2 aliphatic heterocycles. The topological polar surface area (TPSA) is 96.2 Å². The maximum Gasteiger partial charge on any atom is 0.410 e. The molecule has 30 heavy (non-hydrogen) atoms. The second-order valence-corrected chi connectivity index (χ2v) is 8.80. The first-order valence-electron chi connectivity index (χ1n) is 10.4. The minimum absolute atomic E-state index is 0.0896. The van der Waals surface area contributed by atoms with Crippen LogP contribution in [0.5, 0.6) is 0 Å². The number of nitro groups is 1. The summed E-state index contributed by atoms with van der Waals surface area (Å²) in [4.78, 5) is 41.5. The Morgan fingerprint density at radius 1 is 1.00 bits per heavy atom. The van der Waals surface area contributed by atoms with Gasteiger partial charge < -0.3 is 19.4 Å². The number of piperazine rings is 1. The first kappa shape index (κ1) is 21.9. The van der Waals surface area contributed by atoms with E-state index in [2.05, 4.69) is 0 Å². The summed E-state index contributed by atoms with van der Waals surface area (Å²) in [7, 11) is 0. The molecule has 164 valence electrons. The fourth-order valence-corrected chi connectivity index (χ4v) is 3.95. The molecular formula is C21H30N4O5. The number of nitro benzene ring substituents is 1. The second kappa shape index (κ2) is 8.89. The van der Waals surface area contributed by atoms with E-state index in [1.165, 1.54) is 6.07 Å². The quantitative estimate of drug-likeness (QED) is 0.553. The number of piperidine rings is 1. The monoisotopic (exact) mass is 418 g/mol. The molecule has 3 rings (SSSR count). The Balaban J connectivity index is 1.51. The Bertz CT molecular complexity index is 791. The van der Waals surface area contributed by atoms with Crippen molar-refractivity contribution in [2.75, 3.05) is 44.2 Å². The number of benzene rings is 1. The van der Waals surface area contributed by atoms with Gasteiger partial charge in [0.2, 0.25) is 5.91 Å². The van der Waals surface area contributed by atoms with Crippen LogP contribution in [-0.2, 0) is 9.53 Å². The van der Waals surface area contributed by atoms with E-state index in [4.69, 9.17) is 4.74 Å². The van der Waals surface area contributed by atoms with Gasteiger partial charge in [-0.15, -0.1) is 0 Å². The van der Waals surface area contributed by atoms with Gasteiger partial charge in [0, 0.05) is 51.3 Å². The molecule has 9 nitrogen and oxygen atoms in total. The lowest BCUT2D eigenvalue weighted by atomic mass is 9.95. The second-order valence-electron chi connectivity index (χ2n) is 8.80. The molecule has 0 bridgehead atoms. The van der Waals surface area contributed by atoms with Gasteiger partial charge in [0.25, 0.3) is 5.69 Å². The molecular weight excluding hydrogens is 388 g/mol. The molecule has 0 saturated carbocycles. The largest absolute Gasteiger partial charge is 0.444 e. The number of likely N-dealkylation sites (tertiary alicyclic amines) is 1. The molecule has 1 aromatic carbocycles. The predicted molar refractivity (Wildman–Crippen MR) is 112 cm³/mol. The highest BCUT2D eigenvalue weighted by atomic mass is 16.6. The van der Waals surface area contributed by atoms with Crippen molar-refractivity contribution in [3.8, 4) is 0 Å². The third-order valence-corrected chi connectivity index (χ3v) is 5.51. The van der Waals surface area contributed by atoms with Crippen LogP contribution in [0.25, 0.3) is 0 Å². The summed E-state index contributed by atoms with van der Waals surface area (Å²) in [6.45, 7) is 8.75. The first-order valence-corrected chi connectivity index (χ1v) is 10.4. The number of carbonyl (C=O) groups is 2. The number of hydrogen-bond donors (Lipinski definition) is 0. The average Bonchev–Trinajstić information content (AvgIpc) is 2.72. The number of ether oxygens (including phenoxy) is 1. The van der Waals surface area contributed by atoms with Crippen molar-refractivity contribution in [3.05, 3.63) is 34.4 Å². The highest BCUT2D eigenvalue weighted by Gasteiger charge is 2.33. The molecule has 0 unspecified atom stereocenters. The maximum atomic E-state index is 12.9. The molecule has 2 heterocycles. The molecule has 0 N–H and O–H groups in total. The zero-order valence-corrected chi connectivity index (χ0v) is 17.9. The average molecular weight is 418 g/mol. The molecule has 2 amide bonds. The van der Waals surface area contributed by atoms with E-state index in [0.717, 1.165) is 0 Å². The Hall–Kier alpha value is -2.84. The van der Waals surface area contributed by atoms with Gasteiger partial charge in [-0.05, 0) is 39.7 Å². The first-order chi connectivity index (χ1) is 14.2. The van der Waals surface area contributed by atoms with Gasteiger partial charge in [-0.25, -0.2) is 4.79 Å². The number of hydrogen-bond acceptors (Lipinski definition) is 6. The molecule has 0 spiro atoms. The van der Waals surface area contributed by atoms with Gasteiger partial charge in [0.1, 0.15) is 11.3 Å². The van der Waals surface area contributed by atoms with Crippen LogP contribution in [0.15, 0.2) is 24.3 Å². The van der Waals surface area contributed by atoms with E-state index in [9.17, 15) is 19.7 Å². The summed E-state index contributed by atoms with van der Waals surface area (Å²) in [5.74, 6) is 0.0161. The van der Waals surface area contributed by atoms with E-state index in [0.29, 0.717) is 57.8 Å². The van der Waals surface area contributed by atoms with E-state index in [1.807, 2.05) is 30.6 Å². The molecule has 2 saturated heterocycles. The summed E-state index contributed by atoms with van der Waals surface area (Å²) in [6, 6.07) is 6.71. The van der Waals surface area contributed by atoms with Crippen molar-refractivity contribution in [1.82, 2.24) is 9.80 Å². The van der Waals surface area contributed by atoms with Gasteiger partial charge in [0.05, 0.1) is 4.92 Å². The Morgan fingerprint density at radius 2 is 1.60 bits per heavy atom. The summed E-state index contributed by atoms with van der Waals surface area (Å²) in [6.07, 6.45) is 0.928. The van der Waals surface area contributed by atoms with E-state index >= 15 is 0 Å². The number of carbonyl (C=O) groups excluding carboxylic acids is 2. The van der Waals surface area contributed by atoms with Crippen molar-refractivity contribution in [2.45, 2.75) is 39.2 Å². The SMILES string of the molecule is CC(C)(C)OC(=O)N1CCC(C(=O)N2CCN(c3ccccc3[N+](=O)[O-])CC2)CC1. The normalized spacial score (nSPS) is 18.3. The van der Waals surface area contributed by atoms with Crippen LogP contribution in [0.4, 0.5) is 16.2 Å². The summed E-state index contributed by atoms with van der Waals surface area (Å²) >= 11 is 0. The minimum Gasteiger partial charge on any atom is -0.444 e. The van der Waals surface area contributed by atoms with Gasteiger partial charge in [0.15, 0.2) is 0 Å². The molecule has 2 fully saturated rings. The highest BCUT2D eigenvalue weighted by Crippen LogP contribution is 2.29. The zero-order chi connectivity index (χ0) is 21.9. The number of rotatable bonds is 3.